The number of fused-ring (bicyclic) bond motifs is 3. The van der Waals surface area contributed by atoms with Crippen LogP contribution in [0.5, 0.6) is 0 Å². The van der Waals surface area contributed by atoms with Gasteiger partial charge in [-0.1, -0.05) is 24.3 Å². The molecular weight excluding hydrogens is 344 g/mol. The topological polar surface area (TPSA) is 81.5 Å². The average Bonchev–Trinajstić information content (AvgIpc) is 3.17. The molecule has 6 nitrogen and oxygen atoms in total. The van der Waals surface area contributed by atoms with Crippen molar-refractivity contribution < 1.29 is 14.5 Å². The first-order valence-corrected chi connectivity index (χ1v) is 9.07. The van der Waals surface area contributed by atoms with Gasteiger partial charge in [0.05, 0.1) is 23.1 Å². The van der Waals surface area contributed by atoms with Crippen LogP contribution < -0.4 is 5.32 Å². The molecule has 0 aromatic heterocycles. The van der Waals surface area contributed by atoms with Crippen LogP contribution in [0.25, 0.3) is 0 Å². The number of allylic oxidation sites excluding steroid dienone is 2. The number of rotatable bonds is 4. The quantitative estimate of drug-likeness (QED) is 0.371. The third-order valence-corrected chi connectivity index (χ3v) is 5.34. The Bertz CT molecular complexity index is 920. The van der Waals surface area contributed by atoms with Gasteiger partial charge in [0, 0.05) is 23.7 Å². The fraction of sp³-hybridized carbons (Fsp3) is 0.286. The SMILES string of the molecule is CCOC(=O)c1ccc2c(c1)[C@@H]1C=CC[C@@H]1[C@@H](c1ccc([N+](=O)[O-])cc1)N2. The number of nitrogens with one attached hydrogen (secondary N) is 1. The van der Waals surface area contributed by atoms with Gasteiger partial charge in [0.25, 0.3) is 5.69 Å². The molecule has 0 saturated carbocycles. The van der Waals surface area contributed by atoms with Crippen LogP contribution >= 0.6 is 0 Å². The largest absolute Gasteiger partial charge is 0.462 e. The second-order valence-electron chi connectivity index (χ2n) is 6.85. The maximum absolute atomic E-state index is 12.1. The lowest BCUT2D eigenvalue weighted by molar-refractivity contribution is -0.384. The Morgan fingerprint density at radius 3 is 2.74 bits per heavy atom. The van der Waals surface area contributed by atoms with E-state index < -0.39 is 0 Å². The lowest BCUT2D eigenvalue weighted by atomic mass is 9.76. The van der Waals surface area contributed by atoms with Gasteiger partial charge in [-0.05, 0) is 48.6 Å². The van der Waals surface area contributed by atoms with Gasteiger partial charge in [-0.25, -0.2) is 4.79 Å². The number of nitro benzene ring substituents is 1. The molecule has 27 heavy (non-hydrogen) atoms. The molecule has 2 aromatic carbocycles. The normalized spacial score (nSPS) is 22.5. The van der Waals surface area contributed by atoms with Crippen LogP contribution in [-0.4, -0.2) is 17.5 Å². The van der Waals surface area contributed by atoms with Gasteiger partial charge >= 0.3 is 5.97 Å². The smallest absolute Gasteiger partial charge is 0.338 e. The maximum Gasteiger partial charge on any atom is 0.338 e. The Morgan fingerprint density at radius 2 is 2.04 bits per heavy atom. The van der Waals surface area contributed by atoms with Gasteiger partial charge in [0.1, 0.15) is 0 Å². The Kier molecular flexibility index (Phi) is 4.39. The standard InChI is InChI=1S/C21H20N2O4/c1-2-27-21(24)14-8-11-19-18(12-14)16-4-3-5-17(16)20(22-19)13-6-9-15(10-7-13)23(25)26/h3-4,6-12,16-17,20,22H,2,5H2,1H3/t16-,17+,20-/m1/s1. The van der Waals surface area contributed by atoms with Crippen LogP contribution in [0.4, 0.5) is 11.4 Å². The van der Waals surface area contributed by atoms with Gasteiger partial charge in [-0.15, -0.1) is 0 Å². The molecule has 3 atom stereocenters. The van der Waals surface area contributed by atoms with Crippen molar-refractivity contribution in [2.45, 2.75) is 25.3 Å². The Morgan fingerprint density at radius 1 is 1.26 bits per heavy atom. The number of anilines is 1. The highest BCUT2D eigenvalue weighted by Gasteiger charge is 2.38. The molecule has 0 unspecified atom stereocenters. The fourth-order valence-corrected chi connectivity index (χ4v) is 4.07. The molecular formula is C21H20N2O4. The van der Waals surface area contributed by atoms with Crippen molar-refractivity contribution in [3.63, 3.8) is 0 Å². The lowest BCUT2D eigenvalue weighted by Crippen LogP contribution is -2.29. The van der Waals surface area contributed by atoms with Crippen LogP contribution in [0.2, 0.25) is 0 Å². The highest BCUT2D eigenvalue weighted by Crippen LogP contribution is 2.50. The highest BCUT2D eigenvalue weighted by molar-refractivity contribution is 5.90. The molecule has 6 heteroatoms. The number of nitro groups is 1. The number of ether oxygens (including phenoxy) is 1. The van der Waals surface area contributed by atoms with Crippen LogP contribution in [0.1, 0.15) is 46.8 Å². The second-order valence-corrected chi connectivity index (χ2v) is 6.85. The first-order valence-electron chi connectivity index (χ1n) is 9.07. The van der Waals surface area contributed by atoms with Crippen molar-refractivity contribution in [2.75, 3.05) is 11.9 Å². The molecule has 1 aliphatic carbocycles. The highest BCUT2D eigenvalue weighted by atomic mass is 16.6. The minimum absolute atomic E-state index is 0.0618. The van der Waals surface area contributed by atoms with E-state index >= 15 is 0 Å². The summed E-state index contributed by atoms with van der Waals surface area (Å²) < 4.78 is 5.12. The zero-order chi connectivity index (χ0) is 19.0. The zero-order valence-corrected chi connectivity index (χ0v) is 14.9. The van der Waals surface area contributed by atoms with Crippen molar-refractivity contribution in [3.05, 3.63) is 81.4 Å². The number of non-ortho nitro benzene ring substituents is 1. The number of hydrogen-bond acceptors (Lipinski definition) is 5. The maximum atomic E-state index is 12.1. The predicted molar refractivity (Wildman–Crippen MR) is 102 cm³/mol. The monoisotopic (exact) mass is 364 g/mol. The molecule has 0 fully saturated rings. The molecule has 2 aliphatic rings. The van der Waals surface area contributed by atoms with Gasteiger partial charge in [0.15, 0.2) is 0 Å². The summed E-state index contributed by atoms with van der Waals surface area (Å²) >= 11 is 0. The average molecular weight is 364 g/mol. The van der Waals surface area contributed by atoms with E-state index in [2.05, 4.69) is 17.5 Å². The summed E-state index contributed by atoms with van der Waals surface area (Å²) in [5.74, 6) is 0.198. The summed E-state index contributed by atoms with van der Waals surface area (Å²) in [5.41, 5.74) is 3.76. The Labute approximate surface area is 157 Å². The number of esters is 1. The summed E-state index contributed by atoms with van der Waals surface area (Å²) in [4.78, 5) is 22.6. The Hall–Kier alpha value is -3.15. The molecule has 2 aromatic rings. The first kappa shape index (κ1) is 17.3. The van der Waals surface area contributed by atoms with Crippen molar-refractivity contribution >= 4 is 17.3 Å². The predicted octanol–water partition coefficient (Wildman–Crippen LogP) is 4.60. The van der Waals surface area contributed by atoms with E-state index in [0.717, 1.165) is 23.2 Å². The summed E-state index contributed by atoms with van der Waals surface area (Å²) in [6, 6.07) is 12.4. The van der Waals surface area contributed by atoms with Crippen molar-refractivity contribution in [3.8, 4) is 0 Å². The van der Waals surface area contributed by atoms with Gasteiger partial charge in [-0.2, -0.15) is 0 Å². The second kappa shape index (κ2) is 6.87. The molecule has 0 bridgehead atoms. The minimum atomic E-state index is -0.385. The van der Waals surface area contributed by atoms with E-state index in [1.165, 1.54) is 0 Å². The van der Waals surface area contributed by atoms with E-state index in [4.69, 9.17) is 4.74 Å². The summed E-state index contributed by atoms with van der Waals surface area (Å²) in [6.07, 6.45) is 5.28. The first-order chi connectivity index (χ1) is 13.1. The summed E-state index contributed by atoms with van der Waals surface area (Å²) in [5, 5.41) is 14.5. The van der Waals surface area contributed by atoms with Gasteiger partial charge < -0.3 is 10.1 Å². The van der Waals surface area contributed by atoms with Gasteiger partial charge in [-0.3, -0.25) is 10.1 Å². The molecule has 0 radical (unpaired) electrons. The third-order valence-electron chi connectivity index (χ3n) is 5.34. The minimum Gasteiger partial charge on any atom is -0.462 e. The molecule has 0 spiro atoms. The summed E-state index contributed by atoms with van der Waals surface area (Å²) in [7, 11) is 0. The van der Waals surface area contributed by atoms with Crippen molar-refractivity contribution in [1.29, 1.82) is 0 Å². The van der Waals surface area contributed by atoms with Crippen molar-refractivity contribution in [2.24, 2.45) is 5.92 Å². The number of benzene rings is 2. The molecule has 1 N–H and O–H groups in total. The third kappa shape index (κ3) is 3.07. The van der Waals surface area contributed by atoms with Crippen LogP contribution in [-0.2, 0) is 4.74 Å². The number of carbonyl (C=O) groups is 1. The van der Waals surface area contributed by atoms with Crippen molar-refractivity contribution in [1.82, 2.24) is 0 Å². The van der Waals surface area contributed by atoms with Crippen LogP contribution in [0.15, 0.2) is 54.6 Å². The molecule has 0 amide bonds. The van der Waals surface area contributed by atoms with E-state index in [0.29, 0.717) is 18.1 Å². The number of carbonyl (C=O) groups excluding carboxylic acids is 1. The van der Waals surface area contributed by atoms with Crippen LogP contribution in [0, 0.1) is 16.0 Å². The molecule has 1 heterocycles. The van der Waals surface area contributed by atoms with Crippen LogP contribution in [0.3, 0.4) is 0 Å². The zero-order valence-electron chi connectivity index (χ0n) is 14.9. The molecule has 138 valence electrons. The van der Waals surface area contributed by atoms with Gasteiger partial charge in [0.2, 0.25) is 0 Å². The van der Waals surface area contributed by atoms with E-state index in [-0.39, 0.29) is 28.5 Å². The number of nitrogens with zero attached hydrogens (tertiary/aromatic N) is 1. The molecule has 4 rings (SSSR count). The molecule has 1 aliphatic heterocycles. The van der Waals surface area contributed by atoms with E-state index in [9.17, 15) is 14.9 Å². The van der Waals surface area contributed by atoms with E-state index in [1.54, 1.807) is 25.1 Å². The summed E-state index contributed by atoms with van der Waals surface area (Å²) in [6.45, 7) is 2.14. The lowest BCUT2D eigenvalue weighted by Gasteiger charge is -2.37. The number of hydrogen-bond donors (Lipinski definition) is 1. The molecule has 0 saturated heterocycles. The van der Waals surface area contributed by atoms with E-state index in [1.807, 2.05) is 24.3 Å². The fourth-order valence-electron chi connectivity index (χ4n) is 4.07. The Balaban J connectivity index is 1.68.